The number of hydrogen-bond donors (Lipinski definition) is 2. The number of carbonyl (C=O) groups is 1. The van der Waals surface area contributed by atoms with Crippen LogP contribution in [-0.4, -0.2) is 56.2 Å². The predicted octanol–water partition coefficient (Wildman–Crippen LogP) is 1.43. The van der Waals surface area contributed by atoms with Crippen molar-refractivity contribution in [2.45, 2.75) is 39.2 Å². The Morgan fingerprint density at radius 1 is 1.29 bits per heavy atom. The summed E-state index contributed by atoms with van der Waals surface area (Å²) < 4.78 is 5.29. The molecule has 3 N–H and O–H groups in total. The zero-order valence-electron chi connectivity index (χ0n) is 13.2. The molecule has 1 amide bonds. The molecule has 0 aliphatic carbocycles. The van der Waals surface area contributed by atoms with E-state index in [2.05, 4.69) is 24.1 Å². The molecular weight excluding hydrogens is 313 g/mol. The highest BCUT2D eigenvalue weighted by molar-refractivity contribution is 5.85. The molecule has 0 radical (unpaired) electrons. The normalized spacial score (nSPS) is 16.8. The molecule has 1 aliphatic rings. The molecule has 0 saturated carbocycles. The molecule has 1 aliphatic heterocycles. The van der Waals surface area contributed by atoms with Gasteiger partial charge in [0.25, 0.3) is 0 Å². The van der Waals surface area contributed by atoms with Gasteiger partial charge in [-0.3, -0.25) is 4.79 Å². The number of amides is 1. The number of rotatable bonds is 8. The van der Waals surface area contributed by atoms with Gasteiger partial charge in [-0.2, -0.15) is 0 Å². The van der Waals surface area contributed by atoms with Gasteiger partial charge in [-0.05, 0) is 38.3 Å². The lowest BCUT2D eigenvalue weighted by Crippen LogP contribution is -2.48. The molecule has 0 aromatic carbocycles. The Hall–Kier alpha value is -0.0700. The van der Waals surface area contributed by atoms with Crippen molar-refractivity contribution in [1.82, 2.24) is 10.2 Å². The van der Waals surface area contributed by atoms with Crippen molar-refractivity contribution in [3.05, 3.63) is 0 Å². The fourth-order valence-electron chi connectivity index (χ4n) is 2.49. The van der Waals surface area contributed by atoms with E-state index in [0.29, 0.717) is 6.54 Å². The smallest absolute Gasteiger partial charge is 0.237 e. The Morgan fingerprint density at radius 3 is 2.43 bits per heavy atom. The van der Waals surface area contributed by atoms with Crippen LogP contribution in [0.25, 0.3) is 0 Å². The highest BCUT2D eigenvalue weighted by Crippen LogP contribution is 2.17. The Morgan fingerprint density at radius 2 is 1.90 bits per heavy atom. The first kappa shape index (κ1) is 23.2. The first-order valence-corrected chi connectivity index (χ1v) is 7.52. The number of hydrogen-bond acceptors (Lipinski definition) is 4. The van der Waals surface area contributed by atoms with E-state index in [1.165, 1.54) is 0 Å². The lowest BCUT2D eigenvalue weighted by molar-refractivity contribution is -0.124. The van der Waals surface area contributed by atoms with Crippen molar-refractivity contribution in [3.63, 3.8) is 0 Å². The van der Waals surface area contributed by atoms with Gasteiger partial charge >= 0.3 is 0 Å². The maximum Gasteiger partial charge on any atom is 0.237 e. The van der Waals surface area contributed by atoms with Crippen LogP contribution in [0.3, 0.4) is 0 Å². The minimum absolute atomic E-state index is 0. The van der Waals surface area contributed by atoms with Crippen molar-refractivity contribution in [1.29, 1.82) is 0 Å². The van der Waals surface area contributed by atoms with E-state index in [-0.39, 0.29) is 42.7 Å². The number of ether oxygens (including phenoxy) is 1. The lowest BCUT2D eigenvalue weighted by atomic mass is 9.92. The Labute approximate surface area is 141 Å². The number of likely N-dealkylation sites (N-methyl/N-ethyl adjacent to an activating group) is 1. The number of nitrogens with one attached hydrogen (secondary N) is 1. The van der Waals surface area contributed by atoms with Crippen LogP contribution in [-0.2, 0) is 9.53 Å². The SMILES string of the molecule is CCCN(CC)CCNC(=O)C(N)C1CCOCC1.Cl.Cl. The molecule has 1 fully saturated rings. The Kier molecular flexibility index (Phi) is 15.0. The zero-order valence-corrected chi connectivity index (χ0v) is 14.8. The van der Waals surface area contributed by atoms with Gasteiger partial charge in [0.05, 0.1) is 6.04 Å². The van der Waals surface area contributed by atoms with Crippen molar-refractivity contribution in [3.8, 4) is 0 Å². The van der Waals surface area contributed by atoms with Crippen molar-refractivity contribution in [2.24, 2.45) is 11.7 Å². The second kappa shape index (κ2) is 13.6. The second-order valence-corrected chi connectivity index (χ2v) is 5.20. The second-order valence-electron chi connectivity index (χ2n) is 5.20. The van der Waals surface area contributed by atoms with Crippen LogP contribution in [0.1, 0.15) is 33.1 Å². The zero-order chi connectivity index (χ0) is 14.1. The monoisotopic (exact) mass is 343 g/mol. The average Bonchev–Trinajstić information content (AvgIpc) is 2.46. The summed E-state index contributed by atoms with van der Waals surface area (Å²) in [5.41, 5.74) is 6.02. The molecule has 5 nitrogen and oxygen atoms in total. The fourth-order valence-corrected chi connectivity index (χ4v) is 2.49. The number of nitrogens with two attached hydrogens (primary N) is 1. The third-order valence-corrected chi connectivity index (χ3v) is 3.79. The highest BCUT2D eigenvalue weighted by Gasteiger charge is 2.26. The maximum absolute atomic E-state index is 12.0. The van der Waals surface area contributed by atoms with Crippen LogP contribution in [0.4, 0.5) is 0 Å². The van der Waals surface area contributed by atoms with Gasteiger partial charge in [-0.25, -0.2) is 0 Å². The fraction of sp³-hybridized carbons (Fsp3) is 0.929. The van der Waals surface area contributed by atoms with Gasteiger partial charge in [0.1, 0.15) is 0 Å². The van der Waals surface area contributed by atoms with Gasteiger partial charge < -0.3 is 20.7 Å². The van der Waals surface area contributed by atoms with E-state index < -0.39 is 0 Å². The molecule has 1 saturated heterocycles. The molecule has 7 heteroatoms. The Bertz CT molecular complexity index is 265. The van der Waals surface area contributed by atoms with E-state index in [1.807, 2.05) is 0 Å². The summed E-state index contributed by atoms with van der Waals surface area (Å²) >= 11 is 0. The van der Waals surface area contributed by atoms with Gasteiger partial charge in [0.15, 0.2) is 0 Å². The first-order chi connectivity index (χ1) is 9.19. The number of carbonyl (C=O) groups excluding carboxylic acids is 1. The summed E-state index contributed by atoms with van der Waals surface area (Å²) in [7, 11) is 0. The van der Waals surface area contributed by atoms with Gasteiger partial charge in [0, 0.05) is 26.3 Å². The molecule has 1 heterocycles. The maximum atomic E-state index is 12.0. The van der Waals surface area contributed by atoms with E-state index >= 15 is 0 Å². The van der Waals surface area contributed by atoms with Crippen LogP contribution in [0.2, 0.25) is 0 Å². The van der Waals surface area contributed by atoms with Gasteiger partial charge in [-0.15, -0.1) is 24.8 Å². The average molecular weight is 344 g/mol. The summed E-state index contributed by atoms with van der Waals surface area (Å²) in [5, 5.41) is 2.96. The number of nitrogens with zero attached hydrogens (tertiary/aromatic N) is 1. The molecule has 21 heavy (non-hydrogen) atoms. The standard InChI is InChI=1S/C14H29N3O2.2ClH/c1-3-8-17(4-2)9-7-16-14(18)13(15)12-5-10-19-11-6-12;;/h12-13H,3-11,15H2,1-2H3,(H,16,18);2*1H. The van der Waals surface area contributed by atoms with E-state index in [1.54, 1.807) is 0 Å². The molecule has 1 unspecified atom stereocenters. The van der Waals surface area contributed by atoms with Crippen molar-refractivity contribution >= 4 is 30.7 Å². The lowest BCUT2D eigenvalue weighted by Gasteiger charge is -2.27. The van der Waals surface area contributed by atoms with Crippen molar-refractivity contribution in [2.75, 3.05) is 39.4 Å². The minimum atomic E-state index is -0.384. The van der Waals surface area contributed by atoms with Gasteiger partial charge in [0.2, 0.25) is 5.91 Å². The summed E-state index contributed by atoms with van der Waals surface area (Å²) in [6.07, 6.45) is 2.93. The topological polar surface area (TPSA) is 67.6 Å². The van der Waals surface area contributed by atoms with Gasteiger partial charge in [-0.1, -0.05) is 13.8 Å². The van der Waals surface area contributed by atoms with E-state index in [0.717, 1.165) is 52.1 Å². The Balaban J connectivity index is 0. The molecule has 1 rings (SSSR count). The molecule has 0 aromatic heterocycles. The molecule has 1 atom stereocenters. The quantitative estimate of drug-likeness (QED) is 0.699. The molecule has 128 valence electrons. The minimum Gasteiger partial charge on any atom is -0.381 e. The number of halogens is 2. The predicted molar refractivity (Wildman–Crippen MR) is 91.4 cm³/mol. The van der Waals surface area contributed by atoms with Crippen LogP contribution in [0.15, 0.2) is 0 Å². The highest BCUT2D eigenvalue weighted by atomic mass is 35.5. The molecule has 0 spiro atoms. The van der Waals surface area contributed by atoms with Crippen LogP contribution in [0, 0.1) is 5.92 Å². The van der Waals surface area contributed by atoms with Crippen LogP contribution < -0.4 is 11.1 Å². The third-order valence-electron chi connectivity index (χ3n) is 3.79. The largest absolute Gasteiger partial charge is 0.381 e. The summed E-state index contributed by atoms with van der Waals surface area (Å²) in [5.74, 6) is 0.256. The summed E-state index contributed by atoms with van der Waals surface area (Å²) in [6, 6.07) is -0.384. The summed E-state index contributed by atoms with van der Waals surface area (Å²) in [4.78, 5) is 14.3. The molecule has 0 aromatic rings. The first-order valence-electron chi connectivity index (χ1n) is 7.52. The molecule has 0 bridgehead atoms. The summed E-state index contributed by atoms with van der Waals surface area (Å²) in [6.45, 7) is 9.46. The van der Waals surface area contributed by atoms with E-state index in [4.69, 9.17) is 10.5 Å². The van der Waals surface area contributed by atoms with Crippen LogP contribution in [0.5, 0.6) is 0 Å². The molecular formula is C14H31Cl2N3O2. The van der Waals surface area contributed by atoms with Crippen LogP contribution >= 0.6 is 24.8 Å². The third kappa shape index (κ3) is 8.83. The van der Waals surface area contributed by atoms with E-state index in [9.17, 15) is 4.79 Å². The van der Waals surface area contributed by atoms with Crippen molar-refractivity contribution < 1.29 is 9.53 Å².